The first kappa shape index (κ1) is 36.4. The molecule has 15 heteroatoms. The summed E-state index contributed by atoms with van der Waals surface area (Å²) >= 11 is 11.0. The van der Waals surface area contributed by atoms with E-state index in [1.54, 1.807) is 28.1 Å². The lowest BCUT2D eigenvalue weighted by Crippen LogP contribution is -3.00. The number of carbonyl (C=O) groups excluding carboxylic acids is 1. The molecule has 29 heavy (non-hydrogen) atoms. The van der Waals surface area contributed by atoms with Crippen LogP contribution in [0.3, 0.4) is 0 Å². The first-order valence-electron chi connectivity index (χ1n) is 7.18. The third kappa shape index (κ3) is 24.1. The Morgan fingerprint density at radius 3 is 1.97 bits per heavy atom. The highest BCUT2D eigenvalue weighted by molar-refractivity contribution is 9.11. The van der Waals surface area contributed by atoms with Crippen molar-refractivity contribution in [2.45, 2.75) is 34.2 Å². The molecule has 2 aromatic rings. The summed E-state index contributed by atoms with van der Waals surface area (Å²) < 4.78 is 33.4. The molecular weight excluding hydrogens is 649 g/mol. The van der Waals surface area contributed by atoms with Gasteiger partial charge in [0.2, 0.25) is 0 Å². The fourth-order valence-corrected chi connectivity index (χ4v) is 4.18. The van der Waals surface area contributed by atoms with Crippen LogP contribution in [0.15, 0.2) is 18.6 Å². The number of Topliss-reactive ketones (excluding diaryl/α,β-unsaturated/α-hetero) is 1. The topological polar surface area (TPSA) is 57.6 Å². The molecule has 166 valence electrons. The average molecular weight is 668 g/mol. The van der Waals surface area contributed by atoms with Crippen LogP contribution in [-0.2, 0) is 11.3 Å². The first-order chi connectivity index (χ1) is 12.5. The molecule has 0 amide bonds. The Bertz CT molecular complexity index is 679. The van der Waals surface area contributed by atoms with Crippen LogP contribution >= 0.6 is 83.3 Å². The molecule has 2 rings (SSSR count). The number of ketones is 1. The Morgan fingerprint density at radius 2 is 1.83 bits per heavy atom. The van der Waals surface area contributed by atoms with Gasteiger partial charge in [-0.3, -0.25) is 17.7 Å². The van der Waals surface area contributed by atoms with Gasteiger partial charge in [-0.2, -0.15) is 9.83 Å². The summed E-state index contributed by atoms with van der Waals surface area (Å²) in [6, 6.07) is 0. The van der Waals surface area contributed by atoms with Crippen molar-refractivity contribution in [1.29, 1.82) is 5.26 Å². The maximum Gasteiger partial charge on any atom is 0.762 e. The molecule has 0 aliphatic rings. The molecule has 0 aliphatic carbocycles. The summed E-state index contributed by atoms with van der Waals surface area (Å²) in [5.74, 6) is 0.364. The monoisotopic (exact) mass is 665 g/mol. The molecule has 2 heterocycles. The highest BCUT2D eigenvalue weighted by Gasteiger charge is 2.10. The van der Waals surface area contributed by atoms with E-state index in [1.807, 2.05) is 12.3 Å². The number of rotatable bonds is 3. The second-order valence-corrected chi connectivity index (χ2v) is 9.47. The number of carbonyl (C=O) groups is 1. The van der Waals surface area contributed by atoms with Gasteiger partial charge < -0.3 is 4.70 Å². The number of thiocyanates is 1. The zero-order chi connectivity index (χ0) is 21.4. The fraction of sp³-hybridized carbons (Fsp3) is 0.429. The minimum absolute atomic E-state index is 0. The van der Waals surface area contributed by atoms with Gasteiger partial charge in [0.1, 0.15) is 17.7 Å². The molecule has 0 saturated carbocycles. The van der Waals surface area contributed by atoms with Gasteiger partial charge in [0, 0.05) is 33.9 Å². The largest absolute Gasteiger partial charge is 1.00 e. The van der Waals surface area contributed by atoms with Crippen LogP contribution in [0.25, 0.3) is 0 Å². The molecule has 0 aromatic carbocycles. The van der Waals surface area contributed by atoms with Crippen LogP contribution < -0.4 is 9.27 Å². The predicted octanol–water partition coefficient (Wildman–Crippen LogP) is 3.59. The third-order valence-corrected chi connectivity index (χ3v) is 6.24. The SMILES string of the molecule is Br.CC(=O)CSC#N.CC[n+]1c(C)csc1Br.Cc1csc(Br)n1.FB(F)F.[F-]. The van der Waals surface area contributed by atoms with Crippen molar-refractivity contribution in [2.24, 2.45) is 0 Å². The van der Waals surface area contributed by atoms with Crippen LogP contribution in [0.4, 0.5) is 12.9 Å². The quantitative estimate of drug-likeness (QED) is 0.218. The van der Waals surface area contributed by atoms with Gasteiger partial charge in [0.25, 0.3) is 0 Å². The van der Waals surface area contributed by atoms with E-state index in [1.165, 1.54) is 16.5 Å². The number of hydrogen-bond donors (Lipinski definition) is 0. The summed E-state index contributed by atoms with van der Waals surface area (Å²) in [5, 5.41) is 13.8. The first-order valence-corrected chi connectivity index (χ1v) is 11.5. The maximum absolute atomic E-state index is 10.0. The van der Waals surface area contributed by atoms with Crippen LogP contribution in [0, 0.1) is 24.5 Å². The zero-order valence-corrected chi connectivity index (χ0v) is 23.1. The molecule has 0 aliphatic heterocycles. The third-order valence-electron chi connectivity index (χ3n) is 2.21. The van der Waals surface area contributed by atoms with Gasteiger partial charge in [-0.25, -0.2) is 4.98 Å². The molecule has 0 spiro atoms. The Kier molecular flexibility index (Phi) is 28.4. The Morgan fingerprint density at radius 1 is 1.31 bits per heavy atom. The number of aromatic nitrogens is 2. The van der Waals surface area contributed by atoms with E-state index in [4.69, 9.17) is 5.26 Å². The van der Waals surface area contributed by atoms with E-state index >= 15 is 0 Å². The lowest BCUT2D eigenvalue weighted by molar-refractivity contribution is -0.704. The van der Waals surface area contributed by atoms with Crippen molar-refractivity contribution in [3.63, 3.8) is 0 Å². The van der Waals surface area contributed by atoms with Crippen molar-refractivity contribution < 1.29 is 27.0 Å². The molecule has 0 atom stereocenters. The summed E-state index contributed by atoms with van der Waals surface area (Å²) in [4.78, 5) is 14.1. The normalized spacial score (nSPS) is 8.14. The van der Waals surface area contributed by atoms with E-state index < -0.39 is 7.54 Å². The van der Waals surface area contributed by atoms with E-state index in [0.29, 0.717) is 5.75 Å². The number of nitriles is 1. The maximum atomic E-state index is 10.0. The number of nitrogens with zero attached hydrogens (tertiary/aromatic N) is 3. The van der Waals surface area contributed by atoms with Crippen molar-refractivity contribution in [3.05, 3.63) is 30.0 Å². The van der Waals surface area contributed by atoms with Gasteiger partial charge in [0.05, 0.1) is 11.1 Å². The van der Waals surface area contributed by atoms with Crippen molar-refractivity contribution in [1.82, 2.24) is 4.98 Å². The Hall–Kier alpha value is -0.00506. The highest BCUT2D eigenvalue weighted by Crippen LogP contribution is 2.14. The van der Waals surface area contributed by atoms with Crippen LogP contribution in [0.5, 0.6) is 0 Å². The van der Waals surface area contributed by atoms with E-state index in [2.05, 4.69) is 60.6 Å². The van der Waals surface area contributed by atoms with Crippen molar-refractivity contribution in [3.8, 4) is 5.40 Å². The number of thioether (sulfide) groups is 1. The standard InChI is InChI=1S/C6H9BrNS.C4H4BrNS.C4H5NOS.BF3.BrH.FH/c1-3-8-5(2)4-9-6(8)7;1-3-2-7-4(5)6-3;1-4(6)2-7-3-5;2-1(3)4;;/h4H,3H2,1-2H3;2H,1H3;2H2,1H3;;2*1H/q+1;;;;;/p-1. The molecule has 0 radical (unpaired) electrons. The number of aryl methyl sites for hydroxylation is 2. The lowest BCUT2D eigenvalue weighted by atomic mass is 10.5. The predicted molar refractivity (Wildman–Crippen MR) is 125 cm³/mol. The van der Waals surface area contributed by atoms with Crippen molar-refractivity contribution >= 4 is 96.6 Å². The summed E-state index contributed by atoms with van der Waals surface area (Å²) in [5.41, 5.74) is 2.41. The van der Waals surface area contributed by atoms with Gasteiger partial charge in [-0.1, -0.05) is 11.3 Å². The molecule has 0 bridgehead atoms. The summed E-state index contributed by atoms with van der Waals surface area (Å²) in [6.07, 6.45) is 0. The molecule has 0 saturated heterocycles. The summed E-state index contributed by atoms with van der Waals surface area (Å²) in [6.45, 7) is 8.75. The highest BCUT2D eigenvalue weighted by atomic mass is 79.9. The molecule has 0 unspecified atom stereocenters. The van der Waals surface area contributed by atoms with Crippen LogP contribution in [0.2, 0.25) is 0 Å². The lowest BCUT2D eigenvalue weighted by Gasteiger charge is -1.86. The van der Waals surface area contributed by atoms with E-state index in [0.717, 1.165) is 27.9 Å². The van der Waals surface area contributed by atoms with E-state index in [9.17, 15) is 17.7 Å². The van der Waals surface area contributed by atoms with Crippen LogP contribution in [0.1, 0.15) is 25.2 Å². The number of hydrogen-bond acceptors (Lipinski definition) is 6. The average Bonchev–Trinajstić information content (AvgIpc) is 3.10. The molecular formula is C14H19BBr3F4N3OS3. The number of halogens is 7. The fourth-order valence-electron chi connectivity index (χ4n) is 1.23. The van der Waals surface area contributed by atoms with E-state index in [-0.39, 0.29) is 27.5 Å². The van der Waals surface area contributed by atoms with Gasteiger partial charge in [-0.05, 0) is 48.5 Å². The molecule has 2 aromatic heterocycles. The van der Waals surface area contributed by atoms with Crippen LogP contribution in [-0.4, -0.2) is 24.1 Å². The number of thiazole rings is 2. The van der Waals surface area contributed by atoms with Gasteiger partial charge >= 0.3 is 11.5 Å². The zero-order valence-electron chi connectivity index (χ0n) is 15.8. The Labute approximate surface area is 207 Å². The molecule has 0 N–H and O–H groups in total. The second-order valence-electron chi connectivity index (χ2n) is 4.45. The summed E-state index contributed by atoms with van der Waals surface area (Å²) in [7, 11) is -3.67. The van der Waals surface area contributed by atoms with Gasteiger partial charge in [0.15, 0.2) is 9.61 Å². The smallest absolute Gasteiger partial charge is 0.762 e. The van der Waals surface area contributed by atoms with Gasteiger partial charge in [-0.15, -0.1) is 28.3 Å². The minimum Gasteiger partial charge on any atom is -1.00 e. The molecule has 4 nitrogen and oxygen atoms in total. The van der Waals surface area contributed by atoms with Crippen molar-refractivity contribution in [2.75, 3.05) is 5.75 Å². The Balaban J connectivity index is -0.000000145. The second kappa shape index (κ2) is 22.7. The minimum atomic E-state index is -3.67. The molecule has 0 fully saturated rings.